The molecule has 0 aromatic rings. The molecule has 0 aliphatic heterocycles. The van der Waals surface area contributed by atoms with Crippen LogP contribution in [0.5, 0.6) is 0 Å². The molecule has 84 valence electrons. The summed E-state index contributed by atoms with van der Waals surface area (Å²) >= 11 is 0. The Bertz CT molecular complexity index is 212. The van der Waals surface area contributed by atoms with E-state index in [9.17, 15) is 0 Å². The van der Waals surface area contributed by atoms with E-state index < -0.39 is 0 Å². The fourth-order valence-corrected chi connectivity index (χ4v) is 0.404. The van der Waals surface area contributed by atoms with Gasteiger partial charge < -0.3 is 16.3 Å². The van der Waals surface area contributed by atoms with Gasteiger partial charge in [-0.25, -0.2) is 6.57 Å². The van der Waals surface area contributed by atoms with Gasteiger partial charge in [0.2, 0.25) is 6.54 Å². The maximum absolute atomic E-state index is 8.07. The van der Waals surface area contributed by atoms with Crippen molar-refractivity contribution < 1.29 is 0 Å². The minimum Gasteiger partial charge on any atom is -0.344 e. The molecular formula is C10H19N5. The molecule has 0 aliphatic rings. The van der Waals surface area contributed by atoms with E-state index in [4.69, 9.17) is 17.1 Å². The average Bonchev–Trinajstić information content (AvgIpc) is 2.18. The Labute approximate surface area is 92.4 Å². The van der Waals surface area contributed by atoms with Crippen LogP contribution < -0.4 is 11.5 Å². The van der Waals surface area contributed by atoms with Crippen LogP contribution in [0, 0.1) is 29.2 Å². The molecule has 0 bridgehead atoms. The van der Waals surface area contributed by atoms with Gasteiger partial charge in [0.15, 0.2) is 0 Å². The summed E-state index contributed by atoms with van der Waals surface area (Å²) in [6.07, 6.45) is 1.71. The summed E-state index contributed by atoms with van der Waals surface area (Å²) in [6, 6.07) is 3.70. The number of allylic oxidation sites excluding steroid dienone is 1. The highest BCUT2D eigenvalue weighted by Gasteiger charge is 1.85. The van der Waals surface area contributed by atoms with E-state index in [1.54, 1.807) is 6.07 Å². The topological polar surface area (TPSA) is 99.0 Å². The molecule has 0 atom stereocenters. The molecule has 0 aromatic carbocycles. The van der Waals surface area contributed by atoms with Crippen LogP contribution in [-0.2, 0) is 0 Å². The second-order valence-electron chi connectivity index (χ2n) is 1.87. The first-order valence-corrected chi connectivity index (χ1v) is 3.74. The zero-order valence-corrected chi connectivity index (χ0v) is 8.16. The summed E-state index contributed by atoms with van der Waals surface area (Å²) in [5.74, 6) is 0. The van der Waals surface area contributed by atoms with Gasteiger partial charge in [-0.3, -0.25) is 0 Å². The number of nitriles is 2. The van der Waals surface area contributed by atoms with Crippen LogP contribution in [0.25, 0.3) is 4.85 Å². The van der Waals surface area contributed by atoms with Gasteiger partial charge in [-0.2, -0.15) is 10.5 Å². The molecule has 15 heavy (non-hydrogen) atoms. The number of nitrogens with one attached hydrogen (secondary N) is 1. The minimum atomic E-state index is 0. The summed E-state index contributed by atoms with van der Waals surface area (Å²) in [7, 11) is 0. The van der Waals surface area contributed by atoms with Gasteiger partial charge in [0.1, 0.15) is 0 Å². The van der Waals surface area contributed by atoms with E-state index in [0.717, 1.165) is 0 Å². The lowest BCUT2D eigenvalue weighted by atomic mass is 10.4. The summed E-state index contributed by atoms with van der Waals surface area (Å²) in [6.45, 7) is 11.4. The van der Waals surface area contributed by atoms with Crippen LogP contribution in [0.3, 0.4) is 0 Å². The number of hydrogen-bond donors (Lipinski definition) is 2. The molecule has 0 aromatic heterocycles. The first kappa shape index (κ1) is 23.2. The second kappa shape index (κ2) is 29.6. The standard InChI is InChI=1S/C6H9N3.C3H3N.CH4.H3N/c1-8-5-6-9-4-2-3-7;1-2-3-4;;/h9H,2,4-6H2;2H,1H2;1H4;1H3. The zero-order valence-electron chi connectivity index (χ0n) is 8.16. The Kier molecular flexibility index (Phi) is 45.7. The molecule has 0 spiro atoms. The van der Waals surface area contributed by atoms with Crippen molar-refractivity contribution in [3.63, 3.8) is 0 Å². The van der Waals surface area contributed by atoms with Crippen molar-refractivity contribution in [3.05, 3.63) is 24.1 Å². The summed E-state index contributed by atoms with van der Waals surface area (Å²) < 4.78 is 0. The van der Waals surface area contributed by atoms with Crippen molar-refractivity contribution in [3.8, 4) is 12.1 Å². The second-order valence-corrected chi connectivity index (χ2v) is 1.87. The molecular weight excluding hydrogens is 190 g/mol. The quantitative estimate of drug-likeness (QED) is 0.419. The molecule has 0 radical (unpaired) electrons. The Morgan fingerprint density at radius 2 is 1.93 bits per heavy atom. The van der Waals surface area contributed by atoms with E-state index in [1.165, 1.54) is 6.08 Å². The lowest BCUT2D eigenvalue weighted by Crippen LogP contribution is -2.17. The highest BCUT2D eigenvalue weighted by Crippen LogP contribution is 1.69. The molecule has 0 heterocycles. The van der Waals surface area contributed by atoms with Crippen molar-refractivity contribution in [1.29, 1.82) is 10.5 Å². The van der Waals surface area contributed by atoms with Crippen molar-refractivity contribution in [2.75, 3.05) is 19.6 Å². The lowest BCUT2D eigenvalue weighted by Gasteiger charge is -1.91. The maximum atomic E-state index is 8.07. The molecule has 0 fully saturated rings. The van der Waals surface area contributed by atoms with E-state index in [2.05, 4.69) is 16.7 Å². The molecule has 0 amide bonds. The fourth-order valence-electron chi connectivity index (χ4n) is 0.404. The normalized spacial score (nSPS) is 5.67. The Hall–Kier alpha value is -1.87. The minimum absolute atomic E-state index is 0. The van der Waals surface area contributed by atoms with Crippen LogP contribution in [0.15, 0.2) is 12.7 Å². The largest absolute Gasteiger partial charge is 0.344 e. The molecule has 0 unspecified atom stereocenters. The smallest absolute Gasteiger partial charge is 0.226 e. The van der Waals surface area contributed by atoms with Crippen LogP contribution >= 0.6 is 0 Å². The monoisotopic (exact) mass is 209 g/mol. The number of rotatable bonds is 4. The third kappa shape index (κ3) is 47.3. The highest BCUT2D eigenvalue weighted by atomic mass is 14.9. The maximum Gasteiger partial charge on any atom is 0.226 e. The van der Waals surface area contributed by atoms with Crippen molar-refractivity contribution in [2.45, 2.75) is 13.8 Å². The summed E-state index contributed by atoms with van der Waals surface area (Å²) in [5, 5.41) is 18.5. The zero-order chi connectivity index (χ0) is 10.4. The summed E-state index contributed by atoms with van der Waals surface area (Å²) in [4.78, 5) is 3.14. The van der Waals surface area contributed by atoms with Crippen molar-refractivity contribution >= 4 is 0 Å². The Balaban J connectivity index is -0.0000000883. The van der Waals surface area contributed by atoms with Gasteiger partial charge in [0.25, 0.3) is 0 Å². The molecule has 5 nitrogen and oxygen atoms in total. The van der Waals surface area contributed by atoms with E-state index >= 15 is 0 Å². The SMILES string of the molecule is C.C=CC#N.N.[C-]#[N+]CCNCCC#N. The molecule has 0 rings (SSSR count). The lowest BCUT2D eigenvalue weighted by molar-refractivity contribution is 0.721. The average molecular weight is 209 g/mol. The number of hydrogen-bond acceptors (Lipinski definition) is 4. The molecule has 0 saturated heterocycles. The van der Waals surface area contributed by atoms with Crippen LogP contribution in [0.1, 0.15) is 13.8 Å². The van der Waals surface area contributed by atoms with Gasteiger partial charge in [0, 0.05) is 19.0 Å². The van der Waals surface area contributed by atoms with Gasteiger partial charge in [0.05, 0.1) is 18.7 Å². The van der Waals surface area contributed by atoms with Gasteiger partial charge in [-0.1, -0.05) is 14.0 Å². The van der Waals surface area contributed by atoms with Crippen molar-refractivity contribution in [1.82, 2.24) is 11.5 Å². The molecule has 0 aliphatic carbocycles. The third-order valence-electron chi connectivity index (χ3n) is 0.905. The summed E-state index contributed by atoms with van der Waals surface area (Å²) in [5.41, 5.74) is 0. The van der Waals surface area contributed by atoms with Crippen LogP contribution in [0.2, 0.25) is 0 Å². The molecule has 0 saturated carbocycles. The van der Waals surface area contributed by atoms with Crippen LogP contribution in [0.4, 0.5) is 0 Å². The first-order chi connectivity index (χ1) is 6.33. The number of nitrogens with zero attached hydrogens (tertiary/aromatic N) is 3. The van der Waals surface area contributed by atoms with Gasteiger partial charge in [-0.15, -0.1) is 0 Å². The Morgan fingerprint density at radius 1 is 1.40 bits per heavy atom. The predicted molar refractivity (Wildman–Crippen MR) is 62.1 cm³/mol. The van der Waals surface area contributed by atoms with E-state index in [0.29, 0.717) is 26.1 Å². The fraction of sp³-hybridized carbons (Fsp3) is 0.500. The van der Waals surface area contributed by atoms with Crippen LogP contribution in [-0.4, -0.2) is 19.6 Å². The third-order valence-corrected chi connectivity index (χ3v) is 0.905. The highest BCUT2D eigenvalue weighted by molar-refractivity contribution is 4.93. The molecule has 4 N–H and O–H groups in total. The van der Waals surface area contributed by atoms with E-state index in [1.807, 2.05) is 6.07 Å². The molecule has 5 heteroatoms. The van der Waals surface area contributed by atoms with Crippen molar-refractivity contribution in [2.24, 2.45) is 0 Å². The first-order valence-electron chi connectivity index (χ1n) is 3.74. The van der Waals surface area contributed by atoms with Gasteiger partial charge in [-0.05, 0) is 0 Å². The Morgan fingerprint density at radius 3 is 2.27 bits per heavy atom. The predicted octanol–water partition coefficient (Wildman–Crippen LogP) is 1.90. The van der Waals surface area contributed by atoms with E-state index in [-0.39, 0.29) is 13.6 Å². The van der Waals surface area contributed by atoms with Gasteiger partial charge >= 0.3 is 0 Å².